The first-order valence-corrected chi connectivity index (χ1v) is 5.40. The predicted octanol–water partition coefficient (Wildman–Crippen LogP) is -0.242. The summed E-state index contributed by atoms with van der Waals surface area (Å²) < 4.78 is 0. The Balaban J connectivity index is 2.57. The third-order valence-electron chi connectivity index (χ3n) is 2.87. The first-order chi connectivity index (χ1) is 6.70. The molecule has 1 rings (SSSR count). The quantitative estimate of drug-likeness (QED) is 0.681. The van der Waals surface area contributed by atoms with Gasteiger partial charge in [0.25, 0.3) is 0 Å². The number of likely N-dealkylation sites (N-methyl/N-ethyl adjacent to an activating group) is 2. The Morgan fingerprint density at radius 2 is 2.14 bits per heavy atom. The van der Waals surface area contributed by atoms with Gasteiger partial charge >= 0.3 is 0 Å². The zero-order valence-electron chi connectivity index (χ0n) is 9.42. The van der Waals surface area contributed by atoms with Crippen LogP contribution in [0.3, 0.4) is 0 Å². The average molecular weight is 199 g/mol. The fourth-order valence-corrected chi connectivity index (χ4v) is 1.83. The smallest absolute Gasteiger partial charge is 0.241 e. The fourth-order valence-electron chi connectivity index (χ4n) is 1.83. The fraction of sp³-hybridized carbons (Fsp3) is 0.900. The molecule has 1 heterocycles. The van der Waals surface area contributed by atoms with Crippen LogP contribution >= 0.6 is 0 Å². The van der Waals surface area contributed by atoms with Crippen molar-refractivity contribution >= 4 is 5.91 Å². The Morgan fingerprint density at radius 1 is 1.50 bits per heavy atom. The SMILES string of the molecule is CCN(CC)C(=O)C1CNCCN1C. The summed E-state index contributed by atoms with van der Waals surface area (Å²) in [6.45, 7) is 8.39. The highest BCUT2D eigenvalue weighted by atomic mass is 16.2. The van der Waals surface area contributed by atoms with E-state index in [2.05, 4.69) is 10.2 Å². The highest BCUT2D eigenvalue weighted by Crippen LogP contribution is 2.04. The lowest BCUT2D eigenvalue weighted by molar-refractivity contribution is -0.136. The minimum Gasteiger partial charge on any atom is -0.342 e. The maximum Gasteiger partial charge on any atom is 0.241 e. The van der Waals surface area contributed by atoms with Gasteiger partial charge in [-0.05, 0) is 20.9 Å². The maximum atomic E-state index is 12.0. The zero-order valence-corrected chi connectivity index (χ0v) is 9.42. The van der Waals surface area contributed by atoms with E-state index in [-0.39, 0.29) is 11.9 Å². The van der Waals surface area contributed by atoms with Crippen molar-refractivity contribution in [2.24, 2.45) is 0 Å². The van der Waals surface area contributed by atoms with E-state index in [1.54, 1.807) is 0 Å². The van der Waals surface area contributed by atoms with Crippen molar-refractivity contribution in [2.75, 3.05) is 39.8 Å². The van der Waals surface area contributed by atoms with Gasteiger partial charge in [-0.15, -0.1) is 0 Å². The van der Waals surface area contributed by atoms with E-state index in [4.69, 9.17) is 0 Å². The number of piperazine rings is 1. The molecule has 1 fully saturated rings. The molecule has 0 spiro atoms. The second kappa shape index (κ2) is 5.32. The molecule has 1 N–H and O–H groups in total. The van der Waals surface area contributed by atoms with Gasteiger partial charge in [-0.1, -0.05) is 0 Å². The molecule has 4 nitrogen and oxygen atoms in total. The average Bonchev–Trinajstić information content (AvgIpc) is 2.20. The van der Waals surface area contributed by atoms with Crippen molar-refractivity contribution in [3.8, 4) is 0 Å². The van der Waals surface area contributed by atoms with Gasteiger partial charge in [0, 0.05) is 32.7 Å². The normalized spacial score (nSPS) is 23.5. The van der Waals surface area contributed by atoms with Crippen LogP contribution in [0.5, 0.6) is 0 Å². The molecule has 1 aliphatic rings. The van der Waals surface area contributed by atoms with E-state index in [0.717, 1.165) is 32.7 Å². The standard InChI is InChI=1S/C10H21N3O/c1-4-13(5-2)10(14)9-8-11-6-7-12(9)3/h9,11H,4-8H2,1-3H3. The van der Waals surface area contributed by atoms with E-state index in [1.165, 1.54) is 0 Å². The predicted molar refractivity (Wildman–Crippen MR) is 57.2 cm³/mol. The van der Waals surface area contributed by atoms with Gasteiger partial charge in [-0.2, -0.15) is 0 Å². The van der Waals surface area contributed by atoms with Crippen LogP contribution in [-0.4, -0.2) is 61.5 Å². The van der Waals surface area contributed by atoms with Crippen LogP contribution in [0.25, 0.3) is 0 Å². The summed E-state index contributed by atoms with van der Waals surface area (Å²) in [6.07, 6.45) is 0. The summed E-state index contributed by atoms with van der Waals surface area (Å²) in [4.78, 5) is 16.0. The lowest BCUT2D eigenvalue weighted by Crippen LogP contribution is -2.57. The van der Waals surface area contributed by atoms with E-state index in [1.807, 2.05) is 25.8 Å². The summed E-state index contributed by atoms with van der Waals surface area (Å²) in [7, 11) is 2.02. The Kier molecular flexibility index (Phi) is 4.35. The number of amides is 1. The minimum absolute atomic E-state index is 0.0312. The van der Waals surface area contributed by atoms with Crippen molar-refractivity contribution in [3.63, 3.8) is 0 Å². The summed E-state index contributed by atoms with van der Waals surface area (Å²) in [5, 5.41) is 3.26. The largest absolute Gasteiger partial charge is 0.342 e. The summed E-state index contributed by atoms with van der Waals surface area (Å²) in [6, 6.07) is 0.0312. The number of hydrogen-bond acceptors (Lipinski definition) is 3. The van der Waals surface area contributed by atoms with Crippen LogP contribution in [0.2, 0.25) is 0 Å². The number of nitrogens with one attached hydrogen (secondary N) is 1. The van der Waals surface area contributed by atoms with Gasteiger partial charge < -0.3 is 10.2 Å². The van der Waals surface area contributed by atoms with Gasteiger partial charge in [-0.25, -0.2) is 0 Å². The summed E-state index contributed by atoms with van der Waals surface area (Å²) >= 11 is 0. The highest BCUT2D eigenvalue weighted by Gasteiger charge is 2.28. The molecule has 1 saturated heterocycles. The van der Waals surface area contributed by atoms with Crippen LogP contribution in [-0.2, 0) is 4.79 Å². The van der Waals surface area contributed by atoms with Crippen molar-refractivity contribution in [3.05, 3.63) is 0 Å². The second-order valence-corrected chi connectivity index (χ2v) is 3.71. The Labute approximate surface area is 86.2 Å². The molecule has 4 heteroatoms. The van der Waals surface area contributed by atoms with Gasteiger partial charge in [0.15, 0.2) is 0 Å². The number of hydrogen-bond donors (Lipinski definition) is 1. The monoisotopic (exact) mass is 199 g/mol. The summed E-state index contributed by atoms with van der Waals surface area (Å²) in [5.41, 5.74) is 0. The molecule has 0 aromatic rings. The van der Waals surface area contributed by atoms with E-state index in [0.29, 0.717) is 0 Å². The van der Waals surface area contributed by atoms with Crippen LogP contribution in [0.15, 0.2) is 0 Å². The second-order valence-electron chi connectivity index (χ2n) is 3.71. The molecular weight excluding hydrogens is 178 g/mol. The molecule has 82 valence electrons. The first-order valence-electron chi connectivity index (χ1n) is 5.40. The molecule has 0 saturated carbocycles. The molecule has 0 aliphatic carbocycles. The molecular formula is C10H21N3O. The Hall–Kier alpha value is -0.610. The molecule has 1 amide bonds. The van der Waals surface area contributed by atoms with Gasteiger partial charge in [-0.3, -0.25) is 9.69 Å². The third kappa shape index (κ3) is 2.45. The Bertz CT molecular complexity index is 192. The number of nitrogens with zero attached hydrogens (tertiary/aromatic N) is 2. The molecule has 0 radical (unpaired) electrons. The van der Waals surface area contributed by atoms with Gasteiger partial charge in [0.2, 0.25) is 5.91 Å². The molecule has 1 atom stereocenters. The molecule has 0 aromatic heterocycles. The molecule has 0 bridgehead atoms. The van der Waals surface area contributed by atoms with E-state index >= 15 is 0 Å². The van der Waals surface area contributed by atoms with Crippen LogP contribution in [0.4, 0.5) is 0 Å². The lowest BCUT2D eigenvalue weighted by Gasteiger charge is -2.35. The highest BCUT2D eigenvalue weighted by molar-refractivity contribution is 5.82. The van der Waals surface area contributed by atoms with Crippen molar-refractivity contribution < 1.29 is 4.79 Å². The lowest BCUT2D eigenvalue weighted by atomic mass is 10.2. The van der Waals surface area contributed by atoms with Crippen molar-refractivity contribution in [2.45, 2.75) is 19.9 Å². The third-order valence-corrected chi connectivity index (χ3v) is 2.87. The molecule has 0 aromatic carbocycles. The van der Waals surface area contributed by atoms with Gasteiger partial charge in [0.05, 0.1) is 0 Å². The number of carbonyl (C=O) groups excluding carboxylic acids is 1. The van der Waals surface area contributed by atoms with Gasteiger partial charge in [0.1, 0.15) is 6.04 Å². The van der Waals surface area contributed by atoms with Crippen molar-refractivity contribution in [1.82, 2.24) is 15.1 Å². The minimum atomic E-state index is 0.0312. The topological polar surface area (TPSA) is 35.6 Å². The van der Waals surface area contributed by atoms with Crippen LogP contribution in [0, 0.1) is 0 Å². The zero-order chi connectivity index (χ0) is 10.6. The Morgan fingerprint density at radius 3 is 2.64 bits per heavy atom. The molecule has 14 heavy (non-hydrogen) atoms. The van der Waals surface area contributed by atoms with Crippen LogP contribution < -0.4 is 5.32 Å². The molecule has 1 aliphatic heterocycles. The van der Waals surface area contributed by atoms with E-state index < -0.39 is 0 Å². The maximum absolute atomic E-state index is 12.0. The van der Waals surface area contributed by atoms with E-state index in [9.17, 15) is 4.79 Å². The number of rotatable bonds is 3. The van der Waals surface area contributed by atoms with Crippen LogP contribution in [0.1, 0.15) is 13.8 Å². The summed E-state index contributed by atoms with van der Waals surface area (Å²) in [5.74, 6) is 0.254. The molecule has 1 unspecified atom stereocenters. The first kappa shape index (κ1) is 11.5. The number of carbonyl (C=O) groups is 1. The van der Waals surface area contributed by atoms with Crippen molar-refractivity contribution in [1.29, 1.82) is 0 Å².